The summed E-state index contributed by atoms with van der Waals surface area (Å²) in [5.41, 5.74) is 1.15. The summed E-state index contributed by atoms with van der Waals surface area (Å²) in [6.45, 7) is 1.20. The second-order valence-electron chi connectivity index (χ2n) is 4.81. The van der Waals surface area contributed by atoms with Gasteiger partial charge >= 0.3 is 5.97 Å². The Bertz CT molecular complexity index is 390. The number of hydrogen-bond donors (Lipinski definition) is 1. The Morgan fingerprint density at radius 3 is 2.84 bits per heavy atom. The molecule has 1 fully saturated rings. The van der Waals surface area contributed by atoms with Gasteiger partial charge in [0.1, 0.15) is 6.10 Å². The lowest BCUT2D eigenvalue weighted by Crippen LogP contribution is -2.25. The molecule has 4 nitrogen and oxygen atoms in total. The highest BCUT2D eigenvalue weighted by Gasteiger charge is 2.29. The molecule has 1 aliphatic heterocycles. The molecule has 2 rings (SSSR count). The number of esters is 1. The van der Waals surface area contributed by atoms with E-state index in [-0.39, 0.29) is 12.1 Å². The summed E-state index contributed by atoms with van der Waals surface area (Å²) >= 11 is 0. The largest absolute Gasteiger partial charge is 0.460 e. The third-order valence-corrected chi connectivity index (χ3v) is 3.25. The monoisotopic (exact) mass is 264 g/mol. The van der Waals surface area contributed by atoms with E-state index in [0.717, 1.165) is 12.0 Å². The van der Waals surface area contributed by atoms with E-state index in [2.05, 4.69) is 0 Å². The van der Waals surface area contributed by atoms with E-state index in [1.54, 1.807) is 0 Å². The molecule has 0 bridgehead atoms. The van der Waals surface area contributed by atoms with Crippen molar-refractivity contribution in [3.8, 4) is 0 Å². The van der Waals surface area contributed by atoms with E-state index in [1.807, 2.05) is 30.3 Å². The number of carbonyl (C=O) groups excluding carboxylic acids is 1. The first-order chi connectivity index (χ1) is 9.25. The lowest BCUT2D eigenvalue weighted by molar-refractivity contribution is -0.145. The van der Waals surface area contributed by atoms with Crippen molar-refractivity contribution in [3.05, 3.63) is 35.9 Å². The van der Waals surface area contributed by atoms with Gasteiger partial charge in [-0.25, -0.2) is 0 Å². The molecule has 1 saturated heterocycles. The van der Waals surface area contributed by atoms with Crippen LogP contribution in [0.5, 0.6) is 0 Å². The molecule has 19 heavy (non-hydrogen) atoms. The maximum absolute atomic E-state index is 10.9. The number of rotatable bonds is 7. The normalized spacial score (nSPS) is 20.3. The number of carbonyl (C=O) groups is 1. The number of benzene rings is 1. The Balaban J connectivity index is 1.55. The summed E-state index contributed by atoms with van der Waals surface area (Å²) in [6, 6.07) is 9.98. The van der Waals surface area contributed by atoms with Crippen LogP contribution < -0.4 is 0 Å². The third kappa shape index (κ3) is 4.65. The molecular formula is C15H20O4. The van der Waals surface area contributed by atoms with E-state index in [1.165, 1.54) is 0 Å². The van der Waals surface area contributed by atoms with Gasteiger partial charge < -0.3 is 14.6 Å². The highest BCUT2D eigenvalue weighted by Crippen LogP contribution is 2.19. The first kappa shape index (κ1) is 14.0. The molecule has 104 valence electrons. The summed E-state index contributed by atoms with van der Waals surface area (Å²) in [7, 11) is 0. The minimum absolute atomic E-state index is 0.204. The Labute approximate surface area is 113 Å². The quantitative estimate of drug-likeness (QED) is 0.605. The lowest BCUT2D eigenvalue weighted by atomic mass is 10.1. The highest BCUT2D eigenvalue weighted by atomic mass is 16.6. The van der Waals surface area contributed by atoms with Gasteiger partial charge in [-0.2, -0.15) is 0 Å². The molecule has 0 radical (unpaired) electrons. The van der Waals surface area contributed by atoms with Gasteiger partial charge in [-0.1, -0.05) is 30.3 Å². The summed E-state index contributed by atoms with van der Waals surface area (Å²) in [5.74, 6) is -0.204. The molecule has 2 atom stereocenters. The Morgan fingerprint density at radius 2 is 2.16 bits per heavy atom. The molecule has 1 heterocycles. The van der Waals surface area contributed by atoms with Gasteiger partial charge in [-0.05, 0) is 24.8 Å². The predicted octanol–water partition coefficient (Wildman–Crippen LogP) is 2.05. The third-order valence-electron chi connectivity index (χ3n) is 3.25. The first-order valence-electron chi connectivity index (χ1n) is 6.75. The van der Waals surface area contributed by atoms with Gasteiger partial charge in [0.2, 0.25) is 0 Å². The van der Waals surface area contributed by atoms with Gasteiger partial charge in [0.05, 0.1) is 12.7 Å². The number of hydrogen-bond acceptors (Lipinski definition) is 4. The predicted molar refractivity (Wildman–Crippen MR) is 70.5 cm³/mol. The fourth-order valence-corrected chi connectivity index (χ4v) is 2.16. The van der Waals surface area contributed by atoms with Crippen LogP contribution in [0.25, 0.3) is 0 Å². The molecule has 1 N–H and O–H groups in total. The van der Waals surface area contributed by atoms with E-state index in [9.17, 15) is 9.90 Å². The zero-order chi connectivity index (χ0) is 13.5. The summed E-state index contributed by atoms with van der Waals surface area (Å²) in [5, 5.41) is 9.85. The van der Waals surface area contributed by atoms with Crippen molar-refractivity contribution in [1.29, 1.82) is 0 Å². The minimum Gasteiger partial charge on any atom is -0.460 e. The Hall–Kier alpha value is -1.39. The van der Waals surface area contributed by atoms with Crippen LogP contribution in [-0.2, 0) is 20.9 Å². The van der Waals surface area contributed by atoms with Crippen LogP contribution >= 0.6 is 0 Å². The smallest absolute Gasteiger partial charge is 0.306 e. The van der Waals surface area contributed by atoms with Crippen LogP contribution in [0.2, 0.25) is 0 Å². The maximum Gasteiger partial charge on any atom is 0.306 e. The van der Waals surface area contributed by atoms with Gasteiger partial charge in [-0.15, -0.1) is 0 Å². The van der Waals surface area contributed by atoms with Crippen LogP contribution in [0.15, 0.2) is 30.3 Å². The standard InChI is InChI=1S/C15H20O4/c16-13(14-8-9-15(17)19-14)7-4-10-18-11-12-5-2-1-3-6-12/h1-3,5-6,13-14,16H,4,7-11H2/t13-,14-/m1/s1. The molecule has 0 unspecified atom stereocenters. The molecule has 1 aromatic rings. The molecular weight excluding hydrogens is 244 g/mol. The Kier molecular flexibility index (Phi) is 5.36. The summed E-state index contributed by atoms with van der Waals surface area (Å²) in [4.78, 5) is 10.9. The molecule has 0 saturated carbocycles. The molecule has 4 heteroatoms. The van der Waals surface area contributed by atoms with Gasteiger partial charge in [0.15, 0.2) is 0 Å². The number of ether oxygens (including phenoxy) is 2. The minimum atomic E-state index is -0.563. The van der Waals surface area contributed by atoms with E-state index < -0.39 is 6.10 Å². The van der Waals surface area contributed by atoms with Crippen molar-refractivity contribution < 1.29 is 19.4 Å². The lowest BCUT2D eigenvalue weighted by Gasteiger charge is -2.16. The van der Waals surface area contributed by atoms with Crippen molar-refractivity contribution in [2.45, 2.75) is 44.5 Å². The second-order valence-corrected chi connectivity index (χ2v) is 4.81. The molecule has 0 aromatic heterocycles. The van der Waals surface area contributed by atoms with Gasteiger partial charge in [0.25, 0.3) is 0 Å². The molecule has 0 spiro atoms. The molecule has 0 amide bonds. The van der Waals surface area contributed by atoms with E-state index >= 15 is 0 Å². The molecule has 1 aromatic carbocycles. The van der Waals surface area contributed by atoms with Crippen LogP contribution in [0.1, 0.15) is 31.2 Å². The Morgan fingerprint density at radius 1 is 1.37 bits per heavy atom. The van der Waals surface area contributed by atoms with E-state index in [0.29, 0.717) is 32.5 Å². The number of aliphatic hydroxyl groups is 1. The van der Waals surface area contributed by atoms with Crippen LogP contribution in [0, 0.1) is 0 Å². The fourth-order valence-electron chi connectivity index (χ4n) is 2.16. The maximum atomic E-state index is 10.9. The van der Waals surface area contributed by atoms with Gasteiger partial charge in [0, 0.05) is 13.0 Å². The SMILES string of the molecule is O=C1CC[C@H]([C@H](O)CCCOCc2ccccc2)O1. The average Bonchev–Trinajstić information content (AvgIpc) is 2.86. The van der Waals surface area contributed by atoms with Crippen LogP contribution in [0.4, 0.5) is 0 Å². The van der Waals surface area contributed by atoms with Crippen LogP contribution in [-0.4, -0.2) is 29.9 Å². The van der Waals surface area contributed by atoms with Gasteiger partial charge in [-0.3, -0.25) is 4.79 Å². The number of cyclic esters (lactones) is 1. The van der Waals surface area contributed by atoms with Crippen molar-refractivity contribution in [2.75, 3.05) is 6.61 Å². The van der Waals surface area contributed by atoms with Crippen molar-refractivity contribution in [3.63, 3.8) is 0 Å². The zero-order valence-corrected chi connectivity index (χ0v) is 11.0. The average molecular weight is 264 g/mol. The van der Waals surface area contributed by atoms with Crippen molar-refractivity contribution in [1.82, 2.24) is 0 Å². The fraction of sp³-hybridized carbons (Fsp3) is 0.533. The summed E-state index contributed by atoms with van der Waals surface area (Å²) in [6.07, 6.45) is 1.54. The van der Waals surface area contributed by atoms with Crippen LogP contribution in [0.3, 0.4) is 0 Å². The molecule has 0 aliphatic carbocycles. The highest BCUT2D eigenvalue weighted by molar-refractivity contribution is 5.71. The summed E-state index contributed by atoms with van der Waals surface area (Å²) < 4.78 is 10.6. The number of aliphatic hydroxyl groups excluding tert-OH is 1. The van der Waals surface area contributed by atoms with E-state index in [4.69, 9.17) is 9.47 Å². The topological polar surface area (TPSA) is 55.8 Å². The first-order valence-corrected chi connectivity index (χ1v) is 6.75. The molecule has 1 aliphatic rings. The zero-order valence-electron chi connectivity index (χ0n) is 11.0. The second kappa shape index (κ2) is 7.26. The van der Waals surface area contributed by atoms with Crippen molar-refractivity contribution >= 4 is 5.97 Å². The van der Waals surface area contributed by atoms with Crippen molar-refractivity contribution in [2.24, 2.45) is 0 Å².